The lowest BCUT2D eigenvalue weighted by Crippen LogP contribution is -2.28. The van der Waals surface area contributed by atoms with Gasteiger partial charge in [-0.25, -0.2) is 4.79 Å². The van der Waals surface area contributed by atoms with Gasteiger partial charge in [-0.1, -0.05) is 124 Å². The highest BCUT2D eigenvalue weighted by atomic mass is 16.4. The van der Waals surface area contributed by atoms with Crippen LogP contribution in [0.15, 0.2) is 127 Å². The van der Waals surface area contributed by atoms with Gasteiger partial charge in [0.15, 0.2) is 0 Å². The number of aliphatic hydroxyl groups excluding tert-OH is 1. The van der Waals surface area contributed by atoms with Crippen molar-refractivity contribution >= 4 is 44.9 Å². The minimum Gasteiger partial charge on any atom is -0.507 e. The number of phenols is 1. The predicted octanol–water partition coefficient (Wildman–Crippen LogP) is 12.0. The number of aromatic carboxylic acids is 1. The Morgan fingerprint density at radius 3 is 2.24 bits per heavy atom. The zero-order valence-electron chi connectivity index (χ0n) is 32.3. The number of allylic oxidation sites excluding steroid dienone is 4. The number of hydrogen-bond acceptors (Lipinski definition) is 4. The van der Waals surface area contributed by atoms with Crippen LogP contribution in [-0.2, 0) is 5.41 Å². The molecule has 0 saturated heterocycles. The number of hydrogen-bond donors (Lipinski definition) is 3. The smallest absolute Gasteiger partial charge is 0.339 e. The SMILES string of the molecule is CN(C)c1ccc(-c2cc(-c3ccc4ccccc4c3C(O)/C=C/c3ccc(C(=O)O)c(O)c3)cc3ccc4c(c23)C(C)(C)CC2=C4C=CC(C)(C)C2)cc1. The van der Waals surface area contributed by atoms with E-state index in [9.17, 15) is 20.1 Å². The summed E-state index contributed by atoms with van der Waals surface area (Å²) in [6.07, 6.45) is 9.22. The van der Waals surface area contributed by atoms with Crippen LogP contribution in [-0.4, -0.2) is 35.4 Å². The van der Waals surface area contributed by atoms with E-state index in [0.29, 0.717) is 5.56 Å². The summed E-state index contributed by atoms with van der Waals surface area (Å²) in [7, 11) is 4.12. The van der Waals surface area contributed by atoms with Crippen molar-refractivity contribution in [3.05, 3.63) is 155 Å². The first-order chi connectivity index (χ1) is 26.2. The Bertz CT molecular complexity index is 2620. The van der Waals surface area contributed by atoms with Gasteiger partial charge in [0.1, 0.15) is 11.3 Å². The Balaban J connectivity index is 1.35. The van der Waals surface area contributed by atoms with Crippen LogP contribution in [0.5, 0.6) is 5.75 Å². The van der Waals surface area contributed by atoms with E-state index in [1.54, 1.807) is 18.2 Å². The largest absolute Gasteiger partial charge is 0.507 e. The molecule has 0 bridgehead atoms. The van der Waals surface area contributed by atoms with Crippen LogP contribution in [0.2, 0.25) is 0 Å². The minimum absolute atomic E-state index is 0.0962. The van der Waals surface area contributed by atoms with E-state index >= 15 is 0 Å². The lowest BCUT2D eigenvalue weighted by Gasteiger charge is -2.40. The molecule has 0 spiro atoms. The zero-order chi connectivity index (χ0) is 38.8. The van der Waals surface area contributed by atoms with Gasteiger partial charge in [0.05, 0.1) is 6.10 Å². The number of nitrogens with zero attached hydrogens (tertiary/aromatic N) is 1. The summed E-state index contributed by atoms with van der Waals surface area (Å²) in [6, 6.07) is 34.7. The summed E-state index contributed by atoms with van der Waals surface area (Å²) in [5.41, 5.74) is 12.2. The fourth-order valence-electron chi connectivity index (χ4n) is 8.90. The van der Waals surface area contributed by atoms with E-state index in [-0.39, 0.29) is 22.1 Å². The zero-order valence-corrected chi connectivity index (χ0v) is 32.3. The topological polar surface area (TPSA) is 81.0 Å². The normalized spacial score (nSPS) is 16.3. The van der Waals surface area contributed by atoms with Crippen LogP contribution < -0.4 is 4.90 Å². The standard InChI is InChI=1S/C50H47NO4/c1-49(2)24-23-37-35(28-49)29-50(3,4)47-40(37)21-16-33-26-34(27-42(45(33)47)32-13-17-36(18-14-32)51(5)6)39-20-15-31-9-7-8-10-38(31)46(39)43(52)22-12-30-11-19-41(48(54)55)44(53)25-30/h7-27,43,52-53H,28-29H2,1-6H3,(H,54,55)/b22-12+. The molecule has 3 N–H and O–H groups in total. The van der Waals surface area contributed by atoms with E-state index in [1.165, 1.54) is 39.8 Å². The Hall–Kier alpha value is -5.91. The average Bonchev–Trinajstić information content (AvgIpc) is 3.15. The molecule has 6 aromatic rings. The summed E-state index contributed by atoms with van der Waals surface area (Å²) in [6.45, 7) is 9.44. The molecule has 8 rings (SSSR count). The van der Waals surface area contributed by atoms with Crippen LogP contribution >= 0.6 is 0 Å². The molecule has 1 unspecified atom stereocenters. The molecular weight excluding hydrogens is 679 g/mol. The van der Waals surface area contributed by atoms with E-state index in [0.717, 1.165) is 62.5 Å². The van der Waals surface area contributed by atoms with Gasteiger partial charge in [-0.2, -0.15) is 0 Å². The Morgan fingerprint density at radius 1 is 0.782 bits per heavy atom. The first-order valence-electron chi connectivity index (χ1n) is 19.0. The van der Waals surface area contributed by atoms with Crippen molar-refractivity contribution < 1.29 is 20.1 Å². The van der Waals surface area contributed by atoms with Gasteiger partial charge in [0.2, 0.25) is 0 Å². The second-order valence-electron chi connectivity index (χ2n) is 16.8. The molecule has 0 aliphatic heterocycles. The molecule has 0 radical (unpaired) electrons. The first kappa shape index (κ1) is 36.1. The van der Waals surface area contributed by atoms with Crippen LogP contribution in [0.1, 0.15) is 79.3 Å². The fourth-order valence-corrected chi connectivity index (χ4v) is 8.90. The van der Waals surface area contributed by atoms with E-state index < -0.39 is 12.1 Å². The Labute approximate surface area is 323 Å². The van der Waals surface area contributed by atoms with Crippen molar-refractivity contribution in [3.63, 3.8) is 0 Å². The summed E-state index contributed by atoms with van der Waals surface area (Å²) in [5.74, 6) is -1.52. The van der Waals surface area contributed by atoms with Crippen LogP contribution in [0, 0.1) is 5.41 Å². The summed E-state index contributed by atoms with van der Waals surface area (Å²) in [4.78, 5) is 13.6. The lowest BCUT2D eigenvalue weighted by molar-refractivity contribution is 0.0693. The van der Waals surface area contributed by atoms with Crippen LogP contribution in [0.3, 0.4) is 0 Å². The molecule has 0 aromatic heterocycles. The number of carboxylic acids is 1. The molecule has 6 aromatic carbocycles. The number of carboxylic acid groups (broad SMARTS) is 1. The van der Waals surface area contributed by atoms with Gasteiger partial charge in [-0.05, 0) is 126 Å². The third kappa shape index (κ3) is 6.53. The van der Waals surface area contributed by atoms with E-state index in [1.807, 2.05) is 18.2 Å². The lowest BCUT2D eigenvalue weighted by atomic mass is 9.63. The third-order valence-corrected chi connectivity index (χ3v) is 11.5. The molecule has 55 heavy (non-hydrogen) atoms. The maximum atomic E-state index is 12.0. The van der Waals surface area contributed by atoms with Gasteiger partial charge in [0, 0.05) is 25.3 Å². The number of fused-ring (bicyclic) bond motifs is 5. The molecule has 2 aliphatic carbocycles. The molecule has 2 aliphatic rings. The monoisotopic (exact) mass is 725 g/mol. The third-order valence-electron chi connectivity index (χ3n) is 11.5. The fraction of sp³-hybridized carbons (Fsp3) is 0.220. The maximum Gasteiger partial charge on any atom is 0.339 e. The second-order valence-corrected chi connectivity index (χ2v) is 16.8. The van der Waals surface area contributed by atoms with Crippen molar-refractivity contribution in [1.82, 2.24) is 0 Å². The van der Waals surface area contributed by atoms with Crippen LogP contribution in [0.25, 0.3) is 55.4 Å². The highest BCUT2D eigenvalue weighted by Crippen LogP contribution is 2.53. The Morgan fingerprint density at radius 2 is 1.51 bits per heavy atom. The number of benzene rings is 6. The highest BCUT2D eigenvalue weighted by Gasteiger charge is 2.37. The molecule has 276 valence electrons. The van der Waals surface area contributed by atoms with Gasteiger partial charge in [-0.3, -0.25) is 0 Å². The molecule has 5 heteroatoms. The number of aromatic hydroxyl groups is 1. The summed E-state index contributed by atoms with van der Waals surface area (Å²) in [5, 5.41) is 36.1. The van der Waals surface area contributed by atoms with Gasteiger partial charge in [0.25, 0.3) is 0 Å². The van der Waals surface area contributed by atoms with Crippen molar-refractivity contribution in [1.29, 1.82) is 0 Å². The highest BCUT2D eigenvalue weighted by molar-refractivity contribution is 6.07. The van der Waals surface area contributed by atoms with Crippen molar-refractivity contribution in [2.75, 3.05) is 19.0 Å². The van der Waals surface area contributed by atoms with Gasteiger partial charge in [-0.15, -0.1) is 0 Å². The van der Waals surface area contributed by atoms with Crippen molar-refractivity contribution in [2.24, 2.45) is 5.41 Å². The van der Waals surface area contributed by atoms with Gasteiger partial charge < -0.3 is 20.2 Å². The number of aliphatic hydroxyl groups is 1. The number of carbonyl (C=O) groups is 1. The maximum absolute atomic E-state index is 12.0. The quantitative estimate of drug-likeness (QED) is 0.153. The summed E-state index contributed by atoms with van der Waals surface area (Å²) >= 11 is 0. The first-order valence-corrected chi connectivity index (χ1v) is 19.0. The molecule has 1 atom stereocenters. The average molecular weight is 726 g/mol. The molecule has 0 amide bonds. The Kier molecular flexibility index (Phi) is 8.82. The van der Waals surface area contributed by atoms with E-state index in [2.05, 4.69) is 126 Å². The minimum atomic E-state index is -1.20. The molecule has 0 saturated carbocycles. The number of rotatable bonds is 7. The predicted molar refractivity (Wildman–Crippen MR) is 228 cm³/mol. The van der Waals surface area contributed by atoms with Gasteiger partial charge >= 0.3 is 5.97 Å². The second kappa shape index (κ2) is 13.4. The van der Waals surface area contributed by atoms with Crippen LogP contribution in [0.4, 0.5) is 5.69 Å². The van der Waals surface area contributed by atoms with Crippen molar-refractivity contribution in [2.45, 2.75) is 52.1 Å². The number of anilines is 1. The molecule has 0 fully saturated rings. The molecule has 0 heterocycles. The van der Waals surface area contributed by atoms with E-state index in [4.69, 9.17) is 0 Å². The summed E-state index contributed by atoms with van der Waals surface area (Å²) < 4.78 is 0. The molecule has 5 nitrogen and oxygen atoms in total. The van der Waals surface area contributed by atoms with Crippen molar-refractivity contribution in [3.8, 4) is 28.0 Å². The molecular formula is C50H47NO4.